The monoisotopic (exact) mass is 336 g/mol. The van der Waals surface area contributed by atoms with Crippen molar-refractivity contribution in [1.29, 1.82) is 0 Å². The quantitative estimate of drug-likeness (QED) is 0.739. The van der Waals surface area contributed by atoms with Crippen molar-refractivity contribution in [3.63, 3.8) is 0 Å². The van der Waals surface area contributed by atoms with Crippen LogP contribution in [-0.4, -0.2) is 24.0 Å². The molecule has 0 saturated heterocycles. The first-order chi connectivity index (χ1) is 12.1. The SMILES string of the molecule is COc1ccc(NC(=O)c2cnc3ccccc3c2OC(C)=O)cc1. The van der Waals surface area contributed by atoms with Crippen molar-refractivity contribution in [2.75, 3.05) is 12.4 Å². The number of aromatic nitrogens is 1. The van der Waals surface area contributed by atoms with E-state index in [1.165, 1.54) is 13.1 Å². The topological polar surface area (TPSA) is 77.5 Å². The normalized spacial score (nSPS) is 10.3. The van der Waals surface area contributed by atoms with E-state index in [9.17, 15) is 9.59 Å². The maximum atomic E-state index is 12.6. The predicted octanol–water partition coefficient (Wildman–Crippen LogP) is 3.42. The minimum absolute atomic E-state index is 0.185. The molecular weight excluding hydrogens is 320 g/mol. The van der Waals surface area contributed by atoms with E-state index in [-0.39, 0.29) is 11.3 Å². The second kappa shape index (κ2) is 7.00. The third kappa shape index (κ3) is 3.58. The number of nitrogens with zero attached hydrogens (tertiary/aromatic N) is 1. The van der Waals surface area contributed by atoms with Crippen LogP contribution in [0, 0.1) is 0 Å². The highest BCUT2D eigenvalue weighted by Crippen LogP contribution is 2.29. The number of hydrogen-bond donors (Lipinski definition) is 1. The van der Waals surface area contributed by atoms with Gasteiger partial charge in [0.2, 0.25) is 0 Å². The van der Waals surface area contributed by atoms with Crippen molar-refractivity contribution in [1.82, 2.24) is 4.98 Å². The van der Waals surface area contributed by atoms with Gasteiger partial charge in [0.05, 0.1) is 12.6 Å². The van der Waals surface area contributed by atoms with Crippen LogP contribution in [0.25, 0.3) is 10.9 Å². The molecule has 0 unspecified atom stereocenters. The number of carbonyl (C=O) groups excluding carboxylic acids is 2. The maximum Gasteiger partial charge on any atom is 0.308 e. The highest BCUT2D eigenvalue weighted by atomic mass is 16.5. The lowest BCUT2D eigenvalue weighted by Crippen LogP contribution is -2.15. The summed E-state index contributed by atoms with van der Waals surface area (Å²) < 4.78 is 10.4. The number of para-hydroxylation sites is 1. The molecule has 1 amide bonds. The number of ether oxygens (including phenoxy) is 2. The molecule has 0 aliphatic heterocycles. The van der Waals surface area contributed by atoms with Gasteiger partial charge in [-0.15, -0.1) is 0 Å². The second-order valence-corrected chi connectivity index (χ2v) is 5.29. The molecule has 0 spiro atoms. The molecule has 6 nitrogen and oxygen atoms in total. The van der Waals surface area contributed by atoms with Crippen molar-refractivity contribution >= 4 is 28.5 Å². The largest absolute Gasteiger partial charge is 0.497 e. The number of carbonyl (C=O) groups is 2. The fourth-order valence-corrected chi connectivity index (χ4v) is 2.40. The van der Waals surface area contributed by atoms with Gasteiger partial charge in [-0.05, 0) is 36.4 Å². The molecule has 0 aliphatic carbocycles. The molecule has 3 rings (SSSR count). The molecule has 6 heteroatoms. The molecular formula is C19H16N2O4. The lowest BCUT2D eigenvalue weighted by atomic mass is 10.1. The van der Waals surface area contributed by atoms with Gasteiger partial charge in [-0.2, -0.15) is 0 Å². The Morgan fingerprint density at radius 2 is 1.76 bits per heavy atom. The van der Waals surface area contributed by atoms with Crippen LogP contribution in [0.3, 0.4) is 0 Å². The first kappa shape index (κ1) is 16.4. The Bertz CT molecular complexity index is 936. The Morgan fingerprint density at radius 3 is 2.44 bits per heavy atom. The van der Waals surface area contributed by atoms with Crippen molar-refractivity contribution in [3.8, 4) is 11.5 Å². The Labute approximate surface area is 144 Å². The van der Waals surface area contributed by atoms with E-state index >= 15 is 0 Å². The van der Waals surface area contributed by atoms with Gasteiger partial charge in [0.25, 0.3) is 5.91 Å². The third-order valence-electron chi connectivity index (χ3n) is 3.56. The van der Waals surface area contributed by atoms with Crippen LogP contribution in [0.15, 0.2) is 54.7 Å². The van der Waals surface area contributed by atoms with E-state index in [2.05, 4.69) is 10.3 Å². The van der Waals surface area contributed by atoms with Gasteiger partial charge < -0.3 is 14.8 Å². The molecule has 0 aliphatic rings. The smallest absolute Gasteiger partial charge is 0.308 e. The number of hydrogen-bond acceptors (Lipinski definition) is 5. The number of benzene rings is 2. The number of anilines is 1. The summed E-state index contributed by atoms with van der Waals surface area (Å²) >= 11 is 0. The van der Waals surface area contributed by atoms with E-state index in [4.69, 9.17) is 9.47 Å². The third-order valence-corrected chi connectivity index (χ3v) is 3.56. The molecule has 3 aromatic rings. The lowest BCUT2D eigenvalue weighted by Gasteiger charge is -2.12. The molecule has 25 heavy (non-hydrogen) atoms. The number of pyridine rings is 1. The minimum atomic E-state index is -0.505. The van der Waals surface area contributed by atoms with Gasteiger partial charge in [0.15, 0.2) is 5.75 Å². The van der Waals surface area contributed by atoms with Gasteiger partial charge >= 0.3 is 5.97 Å². The zero-order valence-electron chi connectivity index (χ0n) is 13.8. The van der Waals surface area contributed by atoms with E-state index in [0.717, 1.165) is 0 Å². The minimum Gasteiger partial charge on any atom is -0.497 e. The summed E-state index contributed by atoms with van der Waals surface area (Å²) in [6.45, 7) is 1.29. The molecule has 0 saturated carbocycles. The summed E-state index contributed by atoms with van der Waals surface area (Å²) in [4.78, 5) is 28.4. The highest BCUT2D eigenvalue weighted by molar-refractivity contribution is 6.09. The van der Waals surface area contributed by atoms with Gasteiger partial charge in [-0.3, -0.25) is 14.6 Å². The molecule has 0 fully saturated rings. The molecule has 1 aromatic heterocycles. The number of esters is 1. The molecule has 1 N–H and O–H groups in total. The standard InChI is InChI=1S/C19H16N2O4/c1-12(22)25-18-15-5-3-4-6-17(15)20-11-16(18)19(23)21-13-7-9-14(24-2)10-8-13/h3-11H,1-2H3,(H,21,23). The van der Waals surface area contributed by atoms with Crippen LogP contribution in [0.5, 0.6) is 11.5 Å². The van der Waals surface area contributed by atoms with E-state index in [0.29, 0.717) is 22.3 Å². The highest BCUT2D eigenvalue weighted by Gasteiger charge is 2.18. The average Bonchev–Trinajstić information content (AvgIpc) is 2.62. The van der Waals surface area contributed by atoms with E-state index < -0.39 is 11.9 Å². The number of rotatable bonds is 4. The van der Waals surface area contributed by atoms with Crippen molar-refractivity contribution in [3.05, 3.63) is 60.3 Å². The Kier molecular flexibility index (Phi) is 4.61. The van der Waals surface area contributed by atoms with Gasteiger partial charge in [-0.1, -0.05) is 12.1 Å². The van der Waals surface area contributed by atoms with E-state index in [1.54, 1.807) is 49.6 Å². The summed E-state index contributed by atoms with van der Waals surface area (Å²) in [6, 6.07) is 14.1. The van der Waals surface area contributed by atoms with Crippen LogP contribution in [0.1, 0.15) is 17.3 Å². The molecule has 1 heterocycles. The zero-order valence-corrected chi connectivity index (χ0v) is 13.8. The summed E-state index contributed by atoms with van der Waals surface area (Å²) in [5.41, 5.74) is 1.41. The maximum absolute atomic E-state index is 12.6. The summed E-state index contributed by atoms with van der Waals surface area (Å²) in [7, 11) is 1.57. The molecule has 0 radical (unpaired) electrons. The predicted molar refractivity (Wildman–Crippen MR) is 94.0 cm³/mol. The van der Waals surface area contributed by atoms with Crippen LogP contribution in [0.2, 0.25) is 0 Å². The fraction of sp³-hybridized carbons (Fsp3) is 0.105. The molecule has 0 atom stereocenters. The summed E-state index contributed by atoms with van der Waals surface area (Å²) in [5, 5.41) is 3.36. The second-order valence-electron chi connectivity index (χ2n) is 5.29. The van der Waals surface area contributed by atoms with Gasteiger partial charge in [0.1, 0.15) is 11.3 Å². The molecule has 0 bridgehead atoms. The van der Waals surface area contributed by atoms with Crippen LogP contribution in [0.4, 0.5) is 5.69 Å². The Hall–Kier alpha value is -3.41. The van der Waals surface area contributed by atoms with Crippen molar-refractivity contribution in [2.45, 2.75) is 6.92 Å². The summed E-state index contributed by atoms with van der Waals surface area (Å²) in [6.07, 6.45) is 1.40. The zero-order chi connectivity index (χ0) is 17.8. The van der Waals surface area contributed by atoms with E-state index in [1.807, 2.05) is 6.07 Å². The van der Waals surface area contributed by atoms with Crippen LogP contribution < -0.4 is 14.8 Å². The fourth-order valence-electron chi connectivity index (χ4n) is 2.40. The van der Waals surface area contributed by atoms with Crippen molar-refractivity contribution in [2.24, 2.45) is 0 Å². The molecule has 2 aromatic carbocycles. The number of fused-ring (bicyclic) bond motifs is 1. The Morgan fingerprint density at radius 1 is 1.04 bits per heavy atom. The van der Waals surface area contributed by atoms with Gasteiger partial charge in [0, 0.05) is 24.2 Å². The Balaban J connectivity index is 1.98. The van der Waals surface area contributed by atoms with Crippen molar-refractivity contribution < 1.29 is 19.1 Å². The number of amides is 1. The molecule has 126 valence electrons. The van der Waals surface area contributed by atoms with Crippen LogP contribution in [-0.2, 0) is 4.79 Å². The first-order valence-corrected chi connectivity index (χ1v) is 7.60. The first-order valence-electron chi connectivity index (χ1n) is 7.60. The number of methoxy groups -OCH3 is 1. The average molecular weight is 336 g/mol. The summed E-state index contributed by atoms with van der Waals surface area (Å²) in [5.74, 6) is -0.0374. The number of nitrogens with one attached hydrogen (secondary N) is 1. The van der Waals surface area contributed by atoms with Crippen LogP contribution >= 0.6 is 0 Å². The van der Waals surface area contributed by atoms with Gasteiger partial charge in [-0.25, -0.2) is 0 Å². The lowest BCUT2D eigenvalue weighted by molar-refractivity contribution is -0.131.